The van der Waals surface area contributed by atoms with E-state index in [9.17, 15) is 27.5 Å². The average Bonchev–Trinajstić information content (AvgIpc) is 2.99. The zero-order valence-corrected chi connectivity index (χ0v) is 13.8. The molecule has 0 bridgehead atoms. The van der Waals surface area contributed by atoms with Gasteiger partial charge in [0.25, 0.3) is 0 Å². The van der Waals surface area contributed by atoms with Crippen molar-refractivity contribution in [3.63, 3.8) is 0 Å². The summed E-state index contributed by atoms with van der Waals surface area (Å²) >= 11 is 0. The Kier molecular flexibility index (Phi) is 5.86. The van der Waals surface area contributed by atoms with Crippen LogP contribution in [0.25, 0.3) is 0 Å². The second-order valence-corrected chi connectivity index (χ2v) is 5.71. The van der Waals surface area contributed by atoms with Crippen LogP contribution in [0, 0.1) is 5.82 Å². The Balaban J connectivity index is 1.90. The molecule has 0 fully saturated rings. The van der Waals surface area contributed by atoms with Gasteiger partial charge in [-0.1, -0.05) is 12.1 Å². The number of urea groups is 1. The second-order valence-electron chi connectivity index (χ2n) is 5.71. The first-order chi connectivity index (χ1) is 12.1. The summed E-state index contributed by atoms with van der Waals surface area (Å²) in [5.74, 6) is -0.975. The minimum Gasteiger partial charge on any atom is -0.374 e. The number of imidazole rings is 1. The van der Waals surface area contributed by atoms with Crippen LogP contribution in [0.4, 0.5) is 22.4 Å². The molecule has 0 saturated heterocycles. The molecule has 0 aliphatic carbocycles. The zero-order valence-electron chi connectivity index (χ0n) is 13.8. The highest BCUT2D eigenvalue weighted by Crippen LogP contribution is 2.40. The second kappa shape index (κ2) is 7.73. The molecule has 1 atom stereocenters. The van der Waals surface area contributed by atoms with Gasteiger partial charge in [0, 0.05) is 39.0 Å². The van der Waals surface area contributed by atoms with E-state index in [0.717, 1.165) is 10.8 Å². The highest BCUT2D eigenvalue weighted by molar-refractivity contribution is 5.73. The average molecular weight is 374 g/mol. The molecule has 2 rings (SSSR count). The summed E-state index contributed by atoms with van der Waals surface area (Å²) in [4.78, 5) is 15.3. The van der Waals surface area contributed by atoms with Crippen LogP contribution in [0.5, 0.6) is 0 Å². The van der Waals surface area contributed by atoms with Crippen molar-refractivity contribution < 1.29 is 27.5 Å². The van der Waals surface area contributed by atoms with Crippen molar-refractivity contribution in [2.75, 3.05) is 6.54 Å². The minimum absolute atomic E-state index is 0.0784. The van der Waals surface area contributed by atoms with Crippen LogP contribution in [0.1, 0.15) is 17.8 Å². The number of nitrogens with zero attached hydrogens (tertiary/aromatic N) is 2. The van der Waals surface area contributed by atoms with Crippen molar-refractivity contribution >= 4 is 6.03 Å². The van der Waals surface area contributed by atoms with Gasteiger partial charge < -0.3 is 20.3 Å². The van der Waals surface area contributed by atoms with Gasteiger partial charge in [0.15, 0.2) is 0 Å². The van der Waals surface area contributed by atoms with E-state index in [1.807, 2.05) is 0 Å². The Morgan fingerprint density at radius 3 is 2.42 bits per heavy atom. The van der Waals surface area contributed by atoms with Crippen molar-refractivity contribution in [2.45, 2.75) is 24.7 Å². The number of hydrogen-bond donors (Lipinski definition) is 3. The molecule has 0 aliphatic heterocycles. The maximum absolute atomic E-state index is 13.3. The Bertz CT molecular complexity index is 745. The SMILES string of the molecule is Cn1ccnc1C(O)(CCNC(=O)NCc1ccc(F)cc1)C(F)(F)F. The van der Waals surface area contributed by atoms with E-state index in [2.05, 4.69) is 15.6 Å². The summed E-state index contributed by atoms with van der Waals surface area (Å²) in [6, 6.07) is 4.69. The van der Waals surface area contributed by atoms with Crippen LogP contribution in [-0.4, -0.2) is 33.4 Å². The van der Waals surface area contributed by atoms with Crippen LogP contribution in [-0.2, 0) is 19.2 Å². The summed E-state index contributed by atoms with van der Waals surface area (Å²) in [7, 11) is 1.34. The predicted octanol–water partition coefficient (Wildman–Crippen LogP) is 2.20. The van der Waals surface area contributed by atoms with E-state index in [1.54, 1.807) is 0 Å². The maximum atomic E-state index is 13.3. The molecule has 0 saturated carbocycles. The lowest BCUT2D eigenvalue weighted by molar-refractivity contribution is -0.272. The Labute approximate surface area is 146 Å². The fourth-order valence-corrected chi connectivity index (χ4v) is 2.35. The number of rotatable bonds is 6. The summed E-state index contributed by atoms with van der Waals surface area (Å²) in [5.41, 5.74) is -2.56. The number of aromatic nitrogens is 2. The third-order valence-corrected chi connectivity index (χ3v) is 3.80. The van der Waals surface area contributed by atoms with Gasteiger partial charge in [-0.25, -0.2) is 14.2 Å². The molecule has 0 radical (unpaired) electrons. The lowest BCUT2D eigenvalue weighted by atomic mass is 9.97. The number of halogens is 4. The topological polar surface area (TPSA) is 79.2 Å². The van der Waals surface area contributed by atoms with Crippen molar-refractivity contribution in [1.29, 1.82) is 0 Å². The van der Waals surface area contributed by atoms with E-state index in [1.165, 1.54) is 37.5 Å². The number of aliphatic hydroxyl groups is 1. The lowest BCUT2D eigenvalue weighted by Gasteiger charge is -2.29. The van der Waals surface area contributed by atoms with E-state index < -0.39 is 42.4 Å². The molecule has 10 heteroatoms. The van der Waals surface area contributed by atoms with E-state index in [0.29, 0.717) is 5.56 Å². The van der Waals surface area contributed by atoms with Crippen molar-refractivity contribution in [1.82, 2.24) is 20.2 Å². The van der Waals surface area contributed by atoms with Crippen LogP contribution >= 0.6 is 0 Å². The smallest absolute Gasteiger partial charge is 0.374 e. The number of hydrogen-bond acceptors (Lipinski definition) is 3. The number of amides is 2. The third kappa shape index (κ3) is 4.51. The maximum Gasteiger partial charge on any atom is 0.424 e. The predicted molar refractivity (Wildman–Crippen MR) is 84.4 cm³/mol. The molecule has 1 aromatic heterocycles. The summed E-state index contributed by atoms with van der Waals surface area (Å²) < 4.78 is 53.8. The molecule has 1 aromatic carbocycles. The summed E-state index contributed by atoms with van der Waals surface area (Å²) in [6.07, 6.45) is -3.33. The number of carbonyl (C=O) groups excluding carboxylic acids is 1. The third-order valence-electron chi connectivity index (χ3n) is 3.80. The highest BCUT2D eigenvalue weighted by Gasteiger charge is 2.57. The van der Waals surface area contributed by atoms with Gasteiger partial charge in [-0.3, -0.25) is 0 Å². The van der Waals surface area contributed by atoms with E-state index >= 15 is 0 Å². The number of aryl methyl sites for hydroxylation is 1. The van der Waals surface area contributed by atoms with Crippen molar-refractivity contribution in [3.05, 3.63) is 53.9 Å². The van der Waals surface area contributed by atoms with Crippen LogP contribution in [0.2, 0.25) is 0 Å². The molecule has 2 aromatic rings. The van der Waals surface area contributed by atoms with E-state index in [-0.39, 0.29) is 6.54 Å². The first-order valence-electron chi connectivity index (χ1n) is 7.66. The molecule has 1 heterocycles. The highest BCUT2D eigenvalue weighted by atomic mass is 19.4. The minimum atomic E-state index is -4.96. The normalized spacial score (nSPS) is 13.9. The lowest BCUT2D eigenvalue weighted by Crippen LogP contribution is -2.47. The van der Waals surface area contributed by atoms with Gasteiger partial charge in [0.1, 0.15) is 11.6 Å². The monoisotopic (exact) mass is 374 g/mol. The van der Waals surface area contributed by atoms with Gasteiger partial charge >= 0.3 is 12.2 Å². The van der Waals surface area contributed by atoms with Crippen LogP contribution < -0.4 is 10.6 Å². The molecular formula is C16H18F4N4O2. The fraction of sp³-hybridized carbons (Fsp3) is 0.375. The molecule has 26 heavy (non-hydrogen) atoms. The molecule has 6 nitrogen and oxygen atoms in total. The molecule has 142 valence electrons. The number of alkyl halides is 3. The van der Waals surface area contributed by atoms with Crippen molar-refractivity contribution in [3.8, 4) is 0 Å². The molecule has 0 spiro atoms. The molecule has 1 unspecified atom stereocenters. The molecule has 3 N–H and O–H groups in total. The van der Waals surface area contributed by atoms with Crippen LogP contribution in [0.15, 0.2) is 36.7 Å². The first-order valence-corrected chi connectivity index (χ1v) is 7.66. The van der Waals surface area contributed by atoms with Gasteiger partial charge in [-0.2, -0.15) is 13.2 Å². The fourth-order valence-electron chi connectivity index (χ4n) is 2.35. The summed E-state index contributed by atoms with van der Waals surface area (Å²) in [6.45, 7) is -0.354. The Morgan fingerprint density at radius 1 is 1.23 bits per heavy atom. The zero-order chi connectivity index (χ0) is 19.4. The standard InChI is InChI=1S/C16H18F4N4O2/c1-24-9-8-21-13(24)15(26,16(18,19)20)6-7-22-14(25)23-10-11-2-4-12(17)5-3-11/h2-5,8-9,26H,6-7,10H2,1H3,(H2,22,23,25). The Morgan fingerprint density at radius 2 is 1.88 bits per heavy atom. The molecule has 2 amide bonds. The largest absolute Gasteiger partial charge is 0.424 e. The molecule has 0 aliphatic rings. The van der Waals surface area contributed by atoms with Gasteiger partial charge in [-0.15, -0.1) is 0 Å². The quantitative estimate of drug-likeness (QED) is 0.679. The summed E-state index contributed by atoms with van der Waals surface area (Å²) in [5, 5.41) is 14.8. The Hall–Kier alpha value is -2.62. The number of benzene rings is 1. The first kappa shape index (κ1) is 19.7. The molecular weight excluding hydrogens is 356 g/mol. The van der Waals surface area contributed by atoms with E-state index in [4.69, 9.17) is 0 Å². The van der Waals surface area contributed by atoms with Crippen LogP contribution in [0.3, 0.4) is 0 Å². The van der Waals surface area contributed by atoms with Crippen molar-refractivity contribution in [2.24, 2.45) is 7.05 Å². The van der Waals surface area contributed by atoms with Gasteiger partial charge in [-0.05, 0) is 17.7 Å². The van der Waals surface area contributed by atoms with Gasteiger partial charge in [0.2, 0.25) is 5.60 Å². The number of carbonyl (C=O) groups is 1. The van der Waals surface area contributed by atoms with Gasteiger partial charge in [0.05, 0.1) is 0 Å². The number of nitrogens with one attached hydrogen (secondary N) is 2.